The molecule has 0 aliphatic carbocycles. The minimum Gasteiger partial charge on any atom is -0.314 e. The van der Waals surface area contributed by atoms with Crippen LogP contribution < -0.4 is 4.84 Å². The lowest BCUT2D eigenvalue weighted by atomic mass is 10.1. The molecule has 2 rings (SSSR count). The molecule has 4 nitrogen and oxygen atoms in total. The van der Waals surface area contributed by atoms with Crippen molar-refractivity contribution in [3.63, 3.8) is 0 Å². The van der Waals surface area contributed by atoms with Crippen LogP contribution in [0.3, 0.4) is 0 Å². The van der Waals surface area contributed by atoms with Crippen molar-refractivity contribution >= 4 is 21.9 Å². The molecule has 0 spiro atoms. The lowest BCUT2D eigenvalue weighted by Gasteiger charge is -2.04. The molecule has 0 atom stereocenters. The van der Waals surface area contributed by atoms with Gasteiger partial charge in [0.1, 0.15) is 0 Å². The number of carbonyl (C=O) groups is 1. The largest absolute Gasteiger partial charge is 0.365 e. The molecule has 0 bridgehead atoms. The van der Waals surface area contributed by atoms with Crippen molar-refractivity contribution in [3.8, 4) is 0 Å². The fraction of sp³-hybridized carbons (Fsp3) is 0.0909. The number of halogens is 1. The molecular formula is C11H9BrN2O2. The average molecular weight is 281 g/mol. The highest BCUT2D eigenvalue weighted by atomic mass is 79.9. The van der Waals surface area contributed by atoms with Crippen LogP contribution in [0.2, 0.25) is 0 Å². The summed E-state index contributed by atoms with van der Waals surface area (Å²) in [6.45, 7) is 1.86. The van der Waals surface area contributed by atoms with Crippen LogP contribution in [0, 0.1) is 6.92 Å². The maximum Gasteiger partial charge on any atom is 0.365 e. The third kappa shape index (κ3) is 2.30. The predicted octanol–water partition coefficient (Wildman–Crippen LogP) is 2.22. The Morgan fingerprint density at radius 3 is 2.81 bits per heavy atom. The van der Waals surface area contributed by atoms with Crippen molar-refractivity contribution in [2.45, 2.75) is 6.92 Å². The molecule has 0 aliphatic heterocycles. The molecule has 0 amide bonds. The van der Waals surface area contributed by atoms with Crippen molar-refractivity contribution < 1.29 is 9.63 Å². The van der Waals surface area contributed by atoms with Gasteiger partial charge < -0.3 is 4.84 Å². The van der Waals surface area contributed by atoms with Gasteiger partial charge in [-0.3, -0.25) is 0 Å². The molecule has 1 aromatic carbocycles. The Labute approximate surface area is 101 Å². The molecule has 0 aliphatic rings. The summed E-state index contributed by atoms with van der Waals surface area (Å²) >= 11 is 3.22. The Hall–Kier alpha value is -1.62. The van der Waals surface area contributed by atoms with Crippen molar-refractivity contribution in [3.05, 3.63) is 52.3 Å². The molecule has 0 radical (unpaired) electrons. The molecule has 2 aromatic rings. The summed E-state index contributed by atoms with van der Waals surface area (Å²) in [5, 5.41) is 3.84. The molecular weight excluding hydrogens is 272 g/mol. The van der Waals surface area contributed by atoms with Crippen LogP contribution in [0.4, 0.5) is 0 Å². The number of carbonyl (C=O) groups excluding carboxylic acids is 1. The van der Waals surface area contributed by atoms with Gasteiger partial charge in [0.2, 0.25) is 0 Å². The van der Waals surface area contributed by atoms with E-state index >= 15 is 0 Å². The molecule has 5 heteroatoms. The van der Waals surface area contributed by atoms with Crippen LogP contribution in [-0.2, 0) is 0 Å². The summed E-state index contributed by atoms with van der Waals surface area (Å²) in [5.74, 6) is -0.422. The van der Waals surface area contributed by atoms with Gasteiger partial charge in [-0.1, -0.05) is 23.0 Å². The van der Waals surface area contributed by atoms with Crippen molar-refractivity contribution in [2.24, 2.45) is 0 Å². The smallest absolute Gasteiger partial charge is 0.314 e. The Morgan fingerprint density at radius 2 is 2.19 bits per heavy atom. The van der Waals surface area contributed by atoms with Gasteiger partial charge in [-0.25, -0.2) is 4.79 Å². The molecule has 1 aromatic heterocycles. The van der Waals surface area contributed by atoms with Crippen molar-refractivity contribution in [1.29, 1.82) is 0 Å². The van der Waals surface area contributed by atoms with E-state index in [-0.39, 0.29) is 0 Å². The van der Waals surface area contributed by atoms with E-state index in [0.717, 1.165) is 14.9 Å². The normalized spacial score (nSPS) is 10.1. The maximum absolute atomic E-state index is 11.7. The zero-order chi connectivity index (χ0) is 11.5. The van der Waals surface area contributed by atoms with E-state index in [4.69, 9.17) is 4.84 Å². The Kier molecular flexibility index (Phi) is 3.05. The highest BCUT2D eigenvalue weighted by Gasteiger charge is 2.11. The van der Waals surface area contributed by atoms with E-state index in [0.29, 0.717) is 5.56 Å². The fourth-order valence-electron chi connectivity index (χ4n) is 1.27. The molecule has 0 unspecified atom stereocenters. The molecule has 0 fully saturated rings. The van der Waals surface area contributed by atoms with Gasteiger partial charge in [0.15, 0.2) is 0 Å². The Bertz CT molecular complexity index is 522. The van der Waals surface area contributed by atoms with Gasteiger partial charge in [-0.05, 0) is 34.5 Å². The van der Waals surface area contributed by atoms with Gasteiger partial charge >= 0.3 is 5.97 Å². The maximum atomic E-state index is 11.7. The van der Waals surface area contributed by atoms with E-state index < -0.39 is 5.97 Å². The molecule has 0 N–H and O–H groups in total. The average Bonchev–Trinajstić information content (AvgIpc) is 2.64. The first kappa shape index (κ1) is 10.9. The Morgan fingerprint density at radius 1 is 1.44 bits per heavy atom. The minimum atomic E-state index is -0.422. The molecule has 0 saturated carbocycles. The second kappa shape index (κ2) is 4.49. The van der Waals surface area contributed by atoms with Crippen LogP contribution in [0.1, 0.15) is 15.9 Å². The second-order valence-corrected chi connectivity index (χ2v) is 4.17. The summed E-state index contributed by atoms with van der Waals surface area (Å²) < 4.78 is 0.755. The van der Waals surface area contributed by atoms with E-state index in [1.165, 1.54) is 0 Å². The van der Waals surface area contributed by atoms with Crippen LogP contribution in [-0.4, -0.2) is 15.9 Å². The van der Waals surface area contributed by atoms with E-state index in [1.807, 2.05) is 19.1 Å². The minimum absolute atomic E-state index is 0.422. The van der Waals surface area contributed by atoms with Gasteiger partial charge in [0, 0.05) is 0 Å². The number of hydrogen-bond acceptors (Lipinski definition) is 3. The topological polar surface area (TPSA) is 44.1 Å². The van der Waals surface area contributed by atoms with Gasteiger partial charge in [-0.15, -0.1) is 5.10 Å². The standard InChI is InChI=1S/C11H9BrN2O2/c1-8-4-2-3-5-10(8)11(15)16-14-7-9(12)6-13-14/h2-7H,1H3. The number of aromatic nitrogens is 2. The van der Waals surface area contributed by atoms with E-state index in [9.17, 15) is 4.79 Å². The highest BCUT2D eigenvalue weighted by molar-refractivity contribution is 9.10. The first-order valence-electron chi connectivity index (χ1n) is 4.65. The second-order valence-electron chi connectivity index (χ2n) is 3.25. The monoisotopic (exact) mass is 280 g/mol. The number of hydrogen-bond donors (Lipinski definition) is 0. The molecule has 82 valence electrons. The van der Waals surface area contributed by atoms with Crippen molar-refractivity contribution in [1.82, 2.24) is 9.94 Å². The van der Waals surface area contributed by atoms with Crippen LogP contribution in [0.15, 0.2) is 41.1 Å². The SMILES string of the molecule is Cc1ccccc1C(=O)On1cc(Br)cn1. The number of aryl methyl sites for hydroxylation is 1. The van der Waals surface area contributed by atoms with Gasteiger partial charge in [0.25, 0.3) is 0 Å². The van der Waals surface area contributed by atoms with Gasteiger partial charge in [0.05, 0.1) is 22.4 Å². The van der Waals surface area contributed by atoms with Crippen LogP contribution >= 0.6 is 15.9 Å². The third-order valence-electron chi connectivity index (χ3n) is 2.07. The summed E-state index contributed by atoms with van der Waals surface area (Å²) in [5.41, 5.74) is 1.41. The number of benzene rings is 1. The summed E-state index contributed by atoms with van der Waals surface area (Å²) in [6.07, 6.45) is 3.11. The number of nitrogens with zero attached hydrogens (tertiary/aromatic N) is 2. The first-order chi connectivity index (χ1) is 7.66. The van der Waals surface area contributed by atoms with Crippen LogP contribution in [0.5, 0.6) is 0 Å². The predicted molar refractivity (Wildman–Crippen MR) is 62.0 cm³/mol. The summed E-state index contributed by atoms with van der Waals surface area (Å²) in [7, 11) is 0. The molecule has 1 heterocycles. The highest BCUT2D eigenvalue weighted by Crippen LogP contribution is 2.09. The quantitative estimate of drug-likeness (QED) is 0.847. The fourth-order valence-corrected chi connectivity index (χ4v) is 1.54. The van der Waals surface area contributed by atoms with Crippen LogP contribution in [0.25, 0.3) is 0 Å². The first-order valence-corrected chi connectivity index (χ1v) is 5.44. The zero-order valence-electron chi connectivity index (χ0n) is 8.55. The lowest BCUT2D eigenvalue weighted by Crippen LogP contribution is -2.20. The van der Waals surface area contributed by atoms with Gasteiger partial charge in [-0.2, -0.15) is 0 Å². The Balaban J connectivity index is 2.18. The number of rotatable bonds is 2. The molecule has 16 heavy (non-hydrogen) atoms. The van der Waals surface area contributed by atoms with E-state index in [2.05, 4.69) is 21.0 Å². The zero-order valence-corrected chi connectivity index (χ0v) is 10.1. The third-order valence-corrected chi connectivity index (χ3v) is 2.48. The van der Waals surface area contributed by atoms with E-state index in [1.54, 1.807) is 24.5 Å². The lowest BCUT2D eigenvalue weighted by molar-refractivity contribution is 0.0393. The summed E-state index contributed by atoms with van der Waals surface area (Å²) in [4.78, 5) is 17.9. The van der Waals surface area contributed by atoms with Crippen molar-refractivity contribution in [2.75, 3.05) is 0 Å². The summed E-state index contributed by atoms with van der Waals surface area (Å²) in [6, 6.07) is 7.24. The molecule has 0 saturated heterocycles.